The van der Waals surface area contributed by atoms with E-state index in [0.717, 1.165) is 16.7 Å². The third-order valence-electron chi connectivity index (χ3n) is 4.42. The molecule has 1 aliphatic rings. The summed E-state index contributed by atoms with van der Waals surface area (Å²) >= 11 is 2.13. The molecular weight excluding hydrogens is 431 g/mol. The van der Waals surface area contributed by atoms with Crippen molar-refractivity contribution in [1.29, 1.82) is 5.26 Å². The van der Waals surface area contributed by atoms with E-state index >= 15 is 0 Å². The minimum atomic E-state index is -0.969. The highest BCUT2D eigenvalue weighted by Crippen LogP contribution is 2.52. The number of aryl methyl sites for hydroxylation is 1. The van der Waals surface area contributed by atoms with E-state index in [0.29, 0.717) is 12.1 Å². The van der Waals surface area contributed by atoms with Gasteiger partial charge in [0, 0.05) is 9.61 Å². The number of hydrogen-bond donors (Lipinski definition) is 2. The molecule has 5 nitrogen and oxygen atoms in total. The lowest BCUT2D eigenvalue weighted by Crippen LogP contribution is -2.24. The van der Waals surface area contributed by atoms with E-state index < -0.39 is 11.4 Å². The van der Waals surface area contributed by atoms with Crippen LogP contribution in [0.4, 0.5) is 5.69 Å². The quantitative estimate of drug-likeness (QED) is 0.549. The standard InChI is InChI=1S/C19H15IN2O3/c1-11-2-7-14(22-18(25)19(10-21)9-16(19)20)8-15(11)12-3-5-13(6-4-12)17(23)24/h2-8,16H,9H2,1H3,(H,22,25)(H,23,24). The zero-order valence-electron chi connectivity index (χ0n) is 13.4. The van der Waals surface area contributed by atoms with Crippen LogP contribution in [0, 0.1) is 23.7 Å². The lowest BCUT2D eigenvalue weighted by molar-refractivity contribution is -0.119. The smallest absolute Gasteiger partial charge is 0.335 e. The van der Waals surface area contributed by atoms with Gasteiger partial charge in [-0.1, -0.05) is 40.8 Å². The Kier molecular flexibility index (Phi) is 4.52. The van der Waals surface area contributed by atoms with Gasteiger partial charge in [0.2, 0.25) is 5.91 Å². The van der Waals surface area contributed by atoms with E-state index in [1.54, 1.807) is 30.3 Å². The average Bonchev–Trinajstić information content (AvgIpc) is 3.28. The van der Waals surface area contributed by atoms with Crippen molar-refractivity contribution in [3.63, 3.8) is 0 Å². The number of halogens is 1. The Morgan fingerprint density at radius 2 is 1.92 bits per heavy atom. The molecule has 0 bridgehead atoms. The summed E-state index contributed by atoms with van der Waals surface area (Å²) in [6.07, 6.45) is 0.575. The SMILES string of the molecule is Cc1ccc(NC(=O)C2(C#N)CC2I)cc1-c1ccc(C(=O)O)cc1. The van der Waals surface area contributed by atoms with Crippen LogP contribution in [0.25, 0.3) is 11.1 Å². The predicted molar refractivity (Wildman–Crippen MR) is 103 cm³/mol. The third kappa shape index (κ3) is 3.24. The Bertz CT molecular complexity index is 902. The van der Waals surface area contributed by atoms with Crippen molar-refractivity contribution in [3.05, 3.63) is 53.6 Å². The second kappa shape index (κ2) is 6.48. The molecule has 0 spiro atoms. The van der Waals surface area contributed by atoms with E-state index in [1.807, 2.05) is 19.1 Å². The maximum absolute atomic E-state index is 12.4. The molecule has 0 aromatic heterocycles. The van der Waals surface area contributed by atoms with E-state index in [4.69, 9.17) is 5.11 Å². The number of rotatable bonds is 4. The van der Waals surface area contributed by atoms with Crippen LogP contribution in [0.1, 0.15) is 22.3 Å². The van der Waals surface area contributed by atoms with Crippen LogP contribution in [0.15, 0.2) is 42.5 Å². The Morgan fingerprint density at radius 1 is 1.28 bits per heavy atom. The zero-order chi connectivity index (χ0) is 18.2. The average molecular weight is 446 g/mol. The van der Waals surface area contributed by atoms with Crippen LogP contribution < -0.4 is 5.32 Å². The van der Waals surface area contributed by atoms with Crippen molar-refractivity contribution in [1.82, 2.24) is 0 Å². The largest absolute Gasteiger partial charge is 0.478 e. The number of nitrogens with one attached hydrogen (secondary N) is 1. The molecule has 2 unspecified atom stereocenters. The first kappa shape index (κ1) is 17.4. The number of carbonyl (C=O) groups excluding carboxylic acids is 1. The van der Waals surface area contributed by atoms with Crippen LogP contribution in [0.3, 0.4) is 0 Å². The summed E-state index contributed by atoms with van der Waals surface area (Å²) in [5.74, 6) is -1.24. The van der Waals surface area contributed by atoms with Gasteiger partial charge in [-0.05, 0) is 54.3 Å². The van der Waals surface area contributed by atoms with Crippen LogP contribution >= 0.6 is 22.6 Å². The molecule has 2 aromatic rings. The Labute approximate surface area is 158 Å². The number of carboxylic acids is 1. The lowest BCUT2D eigenvalue weighted by Gasteiger charge is -2.12. The maximum Gasteiger partial charge on any atom is 0.335 e. The second-order valence-electron chi connectivity index (χ2n) is 6.12. The van der Waals surface area contributed by atoms with Gasteiger partial charge in [0.1, 0.15) is 5.41 Å². The van der Waals surface area contributed by atoms with Crippen molar-refractivity contribution < 1.29 is 14.7 Å². The van der Waals surface area contributed by atoms with E-state index in [9.17, 15) is 14.9 Å². The molecule has 1 fully saturated rings. The van der Waals surface area contributed by atoms with Gasteiger partial charge in [-0.3, -0.25) is 4.79 Å². The summed E-state index contributed by atoms with van der Waals surface area (Å²) in [4.78, 5) is 23.4. The number of benzene rings is 2. The Balaban J connectivity index is 1.87. The normalized spacial score (nSPS) is 21.2. The van der Waals surface area contributed by atoms with Crippen LogP contribution in [0.2, 0.25) is 0 Å². The molecule has 0 radical (unpaired) electrons. The van der Waals surface area contributed by atoms with Gasteiger partial charge < -0.3 is 10.4 Å². The number of amides is 1. The highest BCUT2D eigenvalue weighted by atomic mass is 127. The predicted octanol–water partition coefficient (Wildman–Crippen LogP) is 4.02. The van der Waals surface area contributed by atoms with Crippen molar-refractivity contribution in [3.8, 4) is 17.2 Å². The number of nitriles is 1. The second-order valence-corrected chi connectivity index (χ2v) is 7.62. The summed E-state index contributed by atoms with van der Waals surface area (Å²) in [5.41, 5.74) is 2.71. The van der Waals surface area contributed by atoms with Gasteiger partial charge in [0.15, 0.2) is 0 Å². The molecule has 2 N–H and O–H groups in total. The molecular formula is C19H15IN2O3. The molecule has 1 saturated carbocycles. The van der Waals surface area contributed by atoms with Crippen LogP contribution in [-0.2, 0) is 4.79 Å². The third-order valence-corrected chi connectivity index (χ3v) is 5.92. The van der Waals surface area contributed by atoms with Crippen molar-refractivity contribution in [2.75, 3.05) is 5.32 Å². The topological polar surface area (TPSA) is 90.2 Å². The summed E-state index contributed by atoms with van der Waals surface area (Å²) in [6.45, 7) is 1.95. The molecule has 0 saturated heterocycles. The molecule has 2 atom stereocenters. The molecule has 2 aromatic carbocycles. The summed E-state index contributed by atoms with van der Waals surface area (Å²) in [7, 11) is 0. The van der Waals surface area contributed by atoms with Gasteiger partial charge in [0.25, 0.3) is 0 Å². The number of carboxylic acid groups (broad SMARTS) is 1. The molecule has 6 heteroatoms. The summed E-state index contributed by atoms with van der Waals surface area (Å²) in [6, 6.07) is 14.3. The number of nitrogens with zero attached hydrogens (tertiary/aromatic N) is 1. The molecule has 3 rings (SSSR count). The molecule has 126 valence electrons. The molecule has 1 amide bonds. The monoisotopic (exact) mass is 446 g/mol. The zero-order valence-corrected chi connectivity index (χ0v) is 15.6. The van der Waals surface area contributed by atoms with Crippen molar-refractivity contribution in [2.45, 2.75) is 17.3 Å². The molecule has 0 heterocycles. The molecule has 25 heavy (non-hydrogen) atoms. The van der Waals surface area contributed by atoms with E-state index in [2.05, 4.69) is 34.0 Å². The lowest BCUT2D eigenvalue weighted by atomic mass is 9.98. The number of alkyl halides is 1. The number of aromatic carboxylic acids is 1. The highest BCUT2D eigenvalue weighted by Gasteiger charge is 2.59. The van der Waals surface area contributed by atoms with Gasteiger partial charge in [-0.15, -0.1) is 0 Å². The van der Waals surface area contributed by atoms with E-state index in [1.165, 1.54) is 0 Å². The highest BCUT2D eigenvalue weighted by molar-refractivity contribution is 14.1. The fourth-order valence-corrected chi connectivity index (χ4v) is 3.79. The van der Waals surface area contributed by atoms with Crippen LogP contribution in [-0.4, -0.2) is 20.9 Å². The van der Waals surface area contributed by atoms with Crippen molar-refractivity contribution >= 4 is 40.2 Å². The fourth-order valence-electron chi connectivity index (χ4n) is 2.67. The van der Waals surface area contributed by atoms with Gasteiger partial charge in [-0.2, -0.15) is 5.26 Å². The van der Waals surface area contributed by atoms with Crippen LogP contribution in [0.5, 0.6) is 0 Å². The minimum absolute atomic E-state index is 0.0450. The fraction of sp³-hybridized carbons (Fsp3) is 0.211. The first-order valence-electron chi connectivity index (χ1n) is 7.68. The molecule has 1 aliphatic carbocycles. The van der Waals surface area contributed by atoms with Gasteiger partial charge in [-0.25, -0.2) is 4.79 Å². The summed E-state index contributed by atoms with van der Waals surface area (Å²) < 4.78 is 0.0450. The number of hydrogen-bond acceptors (Lipinski definition) is 3. The minimum Gasteiger partial charge on any atom is -0.478 e. The maximum atomic E-state index is 12.4. The van der Waals surface area contributed by atoms with E-state index in [-0.39, 0.29) is 15.4 Å². The number of carbonyl (C=O) groups is 2. The summed E-state index contributed by atoms with van der Waals surface area (Å²) in [5, 5.41) is 21.1. The van der Waals surface area contributed by atoms with Crippen molar-refractivity contribution in [2.24, 2.45) is 5.41 Å². The molecule has 0 aliphatic heterocycles. The number of anilines is 1. The Morgan fingerprint density at radius 3 is 2.44 bits per heavy atom. The Hall–Kier alpha value is -2.40. The first-order valence-corrected chi connectivity index (χ1v) is 8.93. The first-order chi connectivity index (χ1) is 11.9. The van der Waals surface area contributed by atoms with Gasteiger partial charge >= 0.3 is 5.97 Å². The van der Waals surface area contributed by atoms with Gasteiger partial charge in [0.05, 0.1) is 11.6 Å².